The molecule has 1 aromatic rings. The quantitative estimate of drug-likeness (QED) is 0.395. The molecule has 1 heterocycles. The van der Waals surface area contributed by atoms with Crippen LogP contribution in [0.3, 0.4) is 0 Å². The number of hydrogen-bond acceptors (Lipinski definition) is 2. The molecule has 0 aliphatic heterocycles. The van der Waals surface area contributed by atoms with Crippen LogP contribution in [0, 0.1) is 0 Å². The standard InChI is InChI=1S/C3H4N2O3S/c6-9(7,8)5-2-1-4-3-5/h1-3H,(H,6,7,8)/p+1. The van der Waals surface area contributed by atoms with Gasteiger partial charge < -0.3 is 0 Å². The van der Waals surface area contributed by atoms with Crippen molar-refractivity contribution in [2.45, 2.75) is 0 Å². The molecule has 6 heteroatoms. The van der Waals surface area contributed by atoms with Crippen LogP contribution in [-0.2, 0) is 10.3 Å². The first-order valence-corrected chi connectivity index (χ1v) is 3.52. The Balaban J connectivity index is 3.20. The first-order chi connectivity index (χ1) is 4.11. The summed E-state index contributed by atoms with van der Waals surface area (Å²) in [5.41, 5.74) is 0. The number of hydrogen-bond donors (Lipinski definition) is 2. The van der Waals surface area contributed by atoms with Crippen molar-refractivity contribution in [1.82, 2.24) is 4.98 Å². The van der Waals surface area contributed by atoms with E-state index >= 15 is 0 Å². The van der Waals surface area contributed by atoms with Gasteiger partial charge in [0.25, 0.3) is 6.33 Å². The topological polar surface area (TPSA) is 74.0 Å². The minimum absolute atomic E-state index is 0.660. The number of aromatic amines is 1. The second kappa shape index (κ2) is 1.82. The number of nitrogens with one attached hydrogen (secondary N) is 1. The fourth-order valence-electron chi connectivity index (χ4n) is 0.420. The van der Waals surface area contributed by atoms with Crippen molar-refractivity contribution in [3.63, 3.8) is 0 Å². The first kappa shape index (κ1) is 6.24. The smallest absolute Gasteiger partial charge is 0.251 e. The number of imidazole rings is 1. The van der Waals surface area contributed by atoms with Crippen molar-refractivity contribution in [2.75, 3.05) is 0 Å². The minimum Gasteiger partial charge on any atom is -0.251 e. The molecule has 0 spiro atoms. The third-order valence-corrected chi connectivity index (χ3v) is 1.55. The van der Waals surface area contributed by atoms with Crippen LogP contribution >= 0.6 is 0 Å². The van der Waals surface area contributed by atoms with Gasteiger partial charge in [0.05, 0.1) is 0 Å². The maximum atomic E-state index is 10.2. The van der Waals surface area contributed by atoms with Gasteiger partial charge in [-0.1, -0.05) is 0 Å². The molecule has 0 amide bonds. The Bertz CT molecular complexity index is 274. The Hall–Kier alpha value is -0.880. The zero-order valence-electron chi connectivity index (χ0n) is 4.35. The highest BCUT2D eigenvalue weighted by molar-refractivity contribution is 7.79. The largest absolute Gasteiger partial charge is 0.439 e. The van der Waals surface area contributed by atoms with Gasteiger partial charge in [0.1, 0.15) is 12.4 Å². The van der Waals surface area contributed by atoms with Crippen LogP contribution in [0.1, 0.15) is 0 Å². The van der Waals surface area contributed by atoms with E-state index in [1.807, 2.05) is 0 Å². The molecular weight excluding hydrogens is 144 g/mol. The SMILES string of the molecule is O=S(=O)(O)[n+]1cc[nH]c1. The fourth-order valence-corrected chi connectivity index (χ4v) is 0.828. The fraction of sp³-hybridized carbons (Fsp3) is 0. The van der Waals surface area contributed by atoms with Crippen molar-refractivity contribution < 1.29 is 16.9 Å². The Morgan fingerprint density at radius 3 is 2.44 bits per heavy atom. The number of aromatic nitrogens is 2. The number of nitrogens with zero attached hydrogens (tertiary/aromatic N) is 1. The molecule has 0 saturated carbocycles. The molecular formula is C3H5N2O3S+. The van der Waals surface area contributed by atoms with Crippen molar-refractivity contribution in [3.8, 4) is 0 Å². The van der Waals surface area contributed by atoms with Gasteiger partial charge in [-0.3, -0.25) is 4.55 Å². The van der Waals surface area contributed by atoms with Gasteiger partial charge in [-0.2, -0.15) is 8.42 Å². The van der Waals surface area contributed by atoms with E-state index in [0.717, 1.165) is 6.33 Å². The molecule has 1 rings (SSSR count). The lowest BCUT2D eigenvalue weighted by Gasteiger charge is -1.82. The Morgan fingerprint density at radius 1 is 1.56 bits per heavy atom. The summed E-state index contributed by atoms with van der Waals surface area (Å²) < 4.78 is 29.3. The van der Waals surface area contributed by atoms with E-state index in [1.54, 1.807) is 0 Å². The highest BCUT2D eigenvalue weighted by Gasteiger charge is 2.11. The minimum atomic E-state index is -4.07. The summed E-state index contributed by atoms with van der Waals surface area (Å²) in [6.45, 7) is 0. The van der Waals surface area contributed by atoms with Crippen molar-refractivity contribution in [3.05, 3.63) is 18.7 Å². The predicted molar refractivity (Wildman–Crippen MR) is 27.9 cm³/mol. The molecule has 0 radical (unpaired) electrons. The normalized spacial score (nSPS) is 11.7. The third kappa shape index (κ3) is 1.27. The molecule has 0 saturated heterocycles. The van der Waals surface area contributed by atoms with Gasteiger partial charge in [-0.15, -0.1) is 3.97 Å². The van der Waals surface area contributed by atoms with Crippen LogP contribution in [0.25, 0.3) is 0 Å². The average molecular weight is 149 g/mol. The lowest BCUT2D eigenvalue weighted by molar-refractivity contribution is -0.517. The zero-order chi connectivity index (χ0) is 6.91. The van der Waals surface area contributed by atoms with E-state index < -0.39 is 10.3 Å². The van der Waals surface area contributed by atoms with Crippen molar-refractivity contribution in [2.24, 2.45) is 0 Å². The van der Waals surface area contributed by atoms with Gasteiger partial charge >= 0.3 is 10.3 Å². The molecule has 9 heavy (non-hydrogen) atoms. The third-order valence-electron chi connectivity index (χ3n) is 0.786. The molecule has 0 fully saturated rings. The van der Waals surface area contributed by atoms with Crippen molar-refractivity contribution >= 4 is 10.3 Å². The molecule has 0 unspecified atom stereocenters. The Kier molecular flexibility index (Phi) is 1.26. The van der Waals surface area contributed by atoms with Gasteiger partial charge in [-0.05, 0) is 0 Å². The van der Waals surface area contributed by atoms with Gasteiger partial charge in [0.2, 0.25) is 0 Å². The van der Waals surface area contributed by atoms with E-state index in [4.69, 9.17) is 4.55 Å². The summed E-state index contributed by atoms with van der Waals surface area (Å²) in [7, 11) is -4.07. The summed E-state index contributed by atoms with van der Waals surface area (Å²) >= 11 is 0. The summed E-state index contributed by atoms with van der Waals surface area (Å²) in [6, 6.07) is 0. The molecule has 0 aromatic carbocycles. The van der Waals surface area contributed by atoms with E-state index in [1.165, 1.54) is 12.4 Å². The van der Waals surface area contributed by atoms with Crippen LogP contribution in [0.4, 0.5) is 0 Å². The van der Waals surface area contributed by atoms with Crippen LogP contribution in [-0.4, -0.2) is 18.0 Å². The Morgan fingerprint density at radius 2 is 2.22 bits per heavy atom. The first-order valence-electron chi connectivity index (χ1n) is 2.13. The maximum absolute atomic E-state index is 10.2. The van der Waals surface area contributed by atoms with E-state index in [-0.39, 0.29) is 0 Å². The van der Waals surface area contributed by atoms with Crippen LogP contribution in [0.15, 0.2) is 18.7 Å². The molecule has 0 aliphatic carbocycles. The van der Waals surface area contributed by atoms with Crippen LogP contribution in [0.2, 0.25) is 0 Å². The summed E-state index contributed by atoms with van der Waals surface area (Å²) in [5, 5.41) is 0. The van der Waals surface area contributed by atoms with Crippen LogP contribution in [0.5, 0.6) is 0 Å². The van der Waals surface area contributed by atoms with Gasteiger partial charge in [-0.25, -0.2) is 4.98 Å². The molecule has 1 aromatic heterocycles. The molecule has 0 atom stereocenters. The Labute approximate surface area is 51.8 Å². The van der Waals surface area contributed by atoms with Crippen LogP contribution < -0.4 is 3.97 Å². The predicted octanol–water partition coefficient (Wildman–Crippen LogP) is -1.05. The van der Waals surface area contributed by atoms with Gasteiger partial charge in [0.15, 0.2) is 0 Å². The highest BCUT2D eigenvalue weighted by Crippen LogP contribution is 1.73. The zero-order valence-corrected chi connectivity index (χ0v) is 5.17. The van der Waals surface area contributed by atoms with E-state index in [0.29, 0.717) is 3.97 Å². The highest BCUT2D eigenvalue weighted by atomic mass is 32.2. The number of rotatable bonds is 1. The molecule has 0 aliphatic rings. The summed E-state index contributed by atoms with van der Waals surface area (Å²) in [4.78, 5) is 2.46. The second-order valence-corrected chi connectivity index (χ2v) is 2.74. The monoisotopic (exact) mass is 149 g/mol. The molecule has 50 valence electrons. The lowest BCUT2D eigenvalue weighted by atomic mass is 11.0. The van der Waals surface area contributed by atoms with E-state index in [2.05, 4.69) is 4.98 Å². The molecule has 5 nitrogen and oxygen atoms in total. The molecule has 2 N–H and O–H groups in total. The van der Waals surface area contributed by atoms with E-state index in [9.17, 15) is 8.42 Å². The average Bonchev–Trinajstić information content (AvgIpc) is 2.08. The van der Waals surface area contributed by atoms with Gasteiger partial charge in [0, 0.05) is 0 Å². The number of H-pyrrole nitrogens is 1. The molecule has 0 bridgehead atoms. The summed E-state index contributed by atoms with van der Waals surface area (Å²) in [5.74, 6) is 0. The summed E-state index contributed by atoms with van der Waals surface area (Å²) in [6.07, 6.45) is 3.69. The van der Waals surface area contributed by atoms with Crippen molar-refractivity contribution in [1.29, 1.82) is 0 Å². The second-order valence-electron chi connectivity index (χ2n) is 1.42. The maximum Gasteiger partial charge on any atom is 0.439 e. The lowest BCUT2D eigenvalue weighted by Crippen LogP contribution is -2.39.